The van der Waals surface area contributed by atoms with E-state index in [1.54, 1.807) is 0 Å². The number of ether oxygens (including phenoxy) is 9. The van der Waals surface area contributed by atoms with Gasteiger partial charge in [0.2, 0.25) is 82.7 Å². The van der Waals surface area contributed by atoms with Gasteiger partial charge in [-0.15, -0.1) is 0 Å². The first-order chi connectivity index (χ1) is 56.6. The average Bonchev–Trinajstić information content (AvgIpc) is 0.765. The lowest BCUT2D eigenvalue weighted by Crippen LogP contribution is -2.72. The summed E-state index contributed by atoms with van der Waals surface area (Å²) in [6, 6.07) is -20.2. The van der Waals surface area contributed by atoms with Crippen LogP contribution in [-0.2, 0) is 119 Å². The van der Waals surface area contributed by atoms with E-state index in [1.807, 2.05) is 0 Å². The Morgan fingerprint density at radius 3 is 1.17 bits per heavy atom. The number of aliphatic hydroxyl groups is 8. The molecule has 52 heteroatoms. The lowest BCUT2D eigenvalue weighted by molar-refractivity contribution is -0.364. The Morgan fingerprint density at radius 1 is 0.372 bits per heavy atom. The monoisotopic (exact) mass is 1740 g/mol. The van der Waals surface area contributed by atoms with Crippen molar-refractivity contribution in [2.45, 2.75) is 309 Å². The number of amides is 14. The standard InChI is InChI=1S/C69H117N17O35/c1-23(59(103)85-33(57(75)101)15-17-41(94)83-35(13-9-11-31(70)55(73)99)63(107)79-25(3)64(108)109)77-61(105)26(4)113-53-43(72)67(117-40(22-90)51(53)120-68-44(80-28(6)91)48(97)47(96)37(19-87)116-68)119-50-38(20-88)118-69(45(49(50)98)81-29(7)92)121-52-39(21-89)115-66(112)46(82-30(8)93)54(52)114-27(5)62(106)78-24(2)60(104)86-34(58(76)102)16-18-42(95)84-36(65(110)111)14-10-12-32(71)56(74)100/h23-27,31-40,43-54,66-69,87-90,96-98,112H,9-22,70-72H2,1-8H3,(H2,73,99)(H2,74,100)(H2,75,101)(H2,76,102)(H,77,105)(H,78,106)(H,79,107)(H,80,91)(H,81,92)(H,82,93)(H,83,94)(H,84,95)(H,85,103)(H,86,104)(H,108,109)(H,110,111). The molecule has 4 saturated heterocycles. The molecule has 4 aliphatic rings. The van der Waals surface area contributed by atoms with Crippen molar-refractivity contribution >= 4 is 94.6 Å². The molecule has 0 spiro atoms. The van der Waals surface area contributed by atoms with Crippen LogP contribution >= 0.6 is 0 Å². The Labute approximate surface area is 691 Å². The Bertz CT molecular complexity index is 3560. The van der Waals surface area contributed by atoms with Gasteiger partial charge in [0.1, 0.15) is 146 Å². The summed E-state index contributed by atoms with van der Waals surface area (Å²) in [5, 5.41) is 131. The van der Waals surface area contributed by atoms with E-state index >= 15 is 0 Å². The number of aliphatic hydroxyl groups excluding tert-OH is 8. The summed E-state index contributed by atoms with van der Waals surface area (Å²) in [5.41, 5.74) is 39.7. The number of carboxylic acids is 2. The maximum Gasteiger partial charge on any atom is 0.326 e. The molecule has 0 aromatic rings. The van der Waals surface area contributed by atoms with Crippen molar-refractivity contribution in [1.29, 1.82) is 0 Å². The number of carboxylic acid groups (broad SMARTS) is 2. The number of primary amides is 4. The number of carbonyl (C=O) groups excluding carboxylic acids is 14. The number of nitrogens with one attached hydrogen (secondary N) is 10. The first-order valence-corrected chi connectivity index (χ1v) is 38.5. The maximum atomic E-state index is 14.2. The fraction of sp³-hybridized carbons (Fsp3) is 0.768. The van der Waals surface area contributed by atoms with E-state index in [-0.39, 0.29) is 38.5 Å². The third-order valence-electron chi connectivity index (χ3n) is 19.8. The second-order valence-corrected chi connectivity index (χ2v) is 29.4. The quantitative estimate of drug-likeness (QED) is 0.0269. The zero-order chi connectivity index (χ0) is 91.5. The second kappa shape index (κ2) is 49.1. The van der Waals surface area contributed by atoms with Gasteiger partial charge in [-0.25, -0.2) is 4.79 Å². The second-order valence-electron chi connectivity index (χ2n) is 29.4. The number of hydrogen-bond acceptors (Lipinski definition) is 36. The summed E-state index contributed by atoms with van der Waals surface area (Å²) in [5.74, 6) is -16.7. The van der Waals surface area contributed by atoms with Crippen molar-refractivity contribution in [3.63, 3.8) is 0 Å². The number of hydrogen-bond donors (Lipinski definition) is 27. The molecule has 0 aliphatic carbocycles. The Morgan fingerprint density at radius 2 is 0.744 bits per heavy atom. The molecular weight excluding hydrogens is 1630 g/mol. The SMILES string of the molecule is CC(=O)NC1C(OC2C(CO)OC(OC3C(CO)OC(OC4C(CO)OC(O)C(NC(C)=O)C4OC(C)C(=O)NC(C)C(=O)NC(CCC(=O)NC(CCCC(N)C(N)=O)C(=O)O)C(N)=O)C(NC(C)=O)C3O)C(N)C2OC(C)C(=O)NC(C)C(=O)NC(CCC(=O)NC(CCCC(N)C(N)=O)C(=O)NC(C)C(=O)O)C(N)=O)OC(CO)C(O)C1O. The van der Waals surface area contributed by atoms with Crippen molar-refractivity contribution in [3.05, 3.63) is 0 Å². The van der Waals surface area contributed by atoms with E-state index in [4.69, 9.17) is 82.8 Å². The summed E-state index contributed by atoms with van der Waals surface area (Å²) in [6.45, 7) is 4.24. The van der Waals surface area contributed by atoms with Crippen LogP contribution in [0.25, 0.3) is 0 Å². The van der Waals surface area contributed by atoms with Crippen LogP contribution in [0.15, 0.2) is 0 Å². The van der Waals surface area contributed by atoms with E-state index in [0.29, 0.717) is 0 Å². The summed E-state index contributed by atoms with van der Waals surface area (Å²) < 4.78 is 55.2. The summed E-state index contributed by atoms with van der Waals surface area (Å²) >= 11 is 0. The van der Waals surface area contributed by atoms with Gasteiger partial charge in [0, 0.05) is 33.6 Å². The van der Waals surface area contributed by atoms with Crippen LogP contribution < -0.4 is 93.3 Å². The van der Waals surface area contributed by atoms with Crippen LogP contribution in [0, 0.1) is 0 Å². The molecular formula is C69H117N17O35. The largest absolute Gasteiger partial charge is 0.480 e. The minimum absolute atomic E-state index is 0.00310. The van der Waals surface area contributed by atoms with Gasteiger partial charge in [0.05, 0.1) is 44.6 Å². The zero-order valence-electron chi connectivity index (χ0n) is 67.5. The summed E-state index contributed by atoms with van der Waals surface area (Å²) in [7, 11) is 0. The number of nitrogens with two attached hydrogens (primary N) is 7. The molecule has 52 nitrogen and oxygen atoms in total. The number of carbonyl (C=O) groups is 16. The van der Waals surface area contributed by atoms with Gasteiger partial charge in [-0.3, -0.25) is 71.9 Å². The molecule has 0 bridgehead atoms. The van der Waals surface area contributed by atoms with Gasteiger partial charge in [-0.05, 0) is 86.0 Å². The normalized spacial score (nSPS) is 29.3. The predicted octanol–water partition coefficient (Wildman–Crippen LogP) is -15.4. The molecule has 688 valence electrons. The van der Waals surface area contributed by atoms with Crippen LogP contribution in [0.2, 0.25) is 0 Å². The highest BCUT2D eigenvalue weighted by Crippen LogP contribution is 2.36. The van der Waals surface area contributed by atoms with E-state index in [1.165, 1.54) is 0 Å². The number of aliphatic carboxylic acids is 2. The smallest absolute Gasteiger partial charge is 0.326 e. The molecule has 14 amide bonds. The van der Waals surface area contributed by atoms with Crippen LogP contribution in [0.3, 0.4) is 0 Å². The minimum Gasteiger partial charge on any atom is -0.480 e. The third kappa shape index (κ3) is 31.2. The van der Waals surface area contributed by atoms with Crippen molar-refractivity contribution in [3.8, 4) is 0 Å². The van der Waals surface area contributed by atoms with Crippen molar-refractivity contribution in [2.75, 3.05) is 26.4 Å². The molecule has 0 aromatic heterocycles. The summed E-state index contributed by atoms with van der Waals surface area (Å²) in [6.07, 6.45) is -37.0. The third-order valence-corrected chi connectivity index (χ3v) is 19.8. The first-order valence-electron chi connectivity index (χ1n) is 38.5. The molecule has 4 fully saturated rings. The topological polar surface area (TPSA) is 861 Å². The van der Waals surface area contributed by atoms with E-state index in [0.717, 1.165) is 55.4 Å². The van der Waals surface area contributed by atoms with Crippen LogP contribution in [0.5, 0.6) is 0 Å². The van der Waals surface area contributed by atoms with Gasteiger partial charge in [0.15, 0.2) is 25.2 Å². The minimum atomic E-state index is -2.20. The fourth-order valence-electron chi connectivity index (χ4n) is 13.0. The van der Waals surface area contributed by atoms with Crippen LogP contribution in [0.4, 0.5) is 0 Å². The van der Waals surface area contributed by atoms with Crippen LogP contribution in [0.1, 0.15) is 120 Å². The average molecular weight is 1740 g/mol. The Kier molecular flexibility index (Phi) is 42.2. The Balaban J connectivity index is 1.64. The molecule has 0 radical (unpaired) electrons. The molecule has 0 aromatic carbocycles. The van der Waals surface area contributed by atoms with E-state index < -0.39 is 336 Å². The van der Waals surface area contributed by atoms with Crippen molar-refractivity contribution in [2.24, 2.45) is 40.1 Å². The highest BCUT2D eigenvalue weighted by atomic mass is 16.8. The van der Waals surface area contributed by atoms with E-state index in [2.05, 4.69) is 53.2 Å². The summed E-state index contributed by atoms with van der Waals surface area (Å²) in [4.78, 5) is 205. The highest BCUT2D eigenvalue weighted by molar-refractivity contribution is 5.95. The molecule has 0 saturated carbocycles. The van der Waals surface area contributed by atoms with E-state index in [9.17, 15) is 128 Å². The fourth-order valence-corrected chi connectivity index (χ4v) is 13.0. The van der Waals surface area contributed by atoms with Crippen LogP contribution in [-0.4, -0.2) is 361 Å². The molecule has 4 heterocycles. The first kappa shape index (κ1) is 104. The molecule has 31 atom stereocenters. The number of rotatable bonds is 49. The molecule has 31 unspecified atom stereocenters. The van der Waals surface area contributed by atoms with Gasteiger partial charge < -0.3 is 187 Å². The van der Waals surface area contributed by atoms with Crippen molar-refractivity contribution < 1.29 is 170 Å². The molecule has 4 aliphatic heterocycles. The van der Waals surface area contributed by atoms with Gasteiger partial charge in [-0.1, -0.05) is 0 Å². The predicted molar refractivity (Wildman–Crippen MR) is 402 cm³/mol. The Hall–Kier alpha value is -9.28. The van der Waals surface area contributed by atoms with Gasteiger partial charge in [0.25, 0.3) is 0 Å². The highest BCUT2D eigenvalue weighted by Gasteiger charge is 2.57. The molecule has 34 N–H and O–H groups in total. The van der Waals surface area contributed by atoms with Crippen molar-refractivity contribution in [1.82, 2.24) is 53.2 Å². The lowest BCUT2D eigenvalue weighted by atomic mass is 9.93. The molecule has 121 heavy (non-hydrogen) atoms. The lowest BCUT2D eigenvalue weighted by Gasteiger charge is -2.51. The van der Waals surface area contributed by atoms with Gasteiger partial charge >= 0.3 is 11.9 Å². The maximum absolute atomic E-state index is 14.2. The van der Waals surface area contributed by atoms with Gasteiger partial charge in [-0.2, -0.15) is 0 Å². The molecule has 4 rings (SSSR count). The zero-order valence-corrected chi connectivity index (χ0v) is 67.5.